The summed E-state index contributed by atoms with van der Waals surface area (Å²) >= 11 is 1.42. The van der Waals surface area contributed by atoms with Crippen molar-refractivity contribution in [2.45, 2.75) is 11.8 Å². The van der Waals surface area contributed by atoms with Crippen LogP contribution in [0, 0.1) is 6.92 Å². The third kappa shape index (κ3) is 3.04. The minimum absolute atomic E-state index is 0.0930. The van der Waals surface area contributed by atoms with Gasteiger partial charge in [0.2, 0.25) is 16.8 Å². The summed E-state index contributed by atoms with van der Waals surface area (Å²) < 4.78 is 37.6. The van der Waals surface area contributed by atoms with E-state index in [-0.39, 0.29) is 30.7 Å². The lowest BCUT2D eigenvalue weighted by Crippen LogP contribution is -2.50. The van der Waals surface area contributed by atoms with Crippen LogP contribution >= 0.6 is 11.3 Å². The summed E-state index contributed by atoms with van der Waals surface area (Å²) in [6.07, 6.45) is 0. The maximum absolute atomic E-state index is 12.9. The molecule has 138 valence electrons. The molecule has 1 saturated heterocycles. The van der Waals surface area contributed by atoms with E-state index in [4.69, 9.17) is 9.47 Å². The average molecular weight is 395 g/mol. The molecule has 1 amide bonds. The minimum Gasteiger partial charge on any atom is -0.454 e. The van der Waals surface area contributed by atoms with Gasteiger partial charge in [-0.1, -0.05) is 0 Å². The molecule has 8 nitrogen and oxygen atoms in total. The molecule has 1 aromatic carbocycles. The molecule has 0 aliphatic carbocycles. The molecule has 0 unspecified atom stereocenters. The van der Waals surface area contributed by atoms with Crippen molar-refractivity contribution in [3.05, 3.63) is 34.3 Å². The largest absolute Gasteiger partial charge is 0.454 e. The van der Waals surface area contributed by atoms with Crippen LogP contribution in [0.25, 0.3) is 0 Å². The fourth-order valence-corrected chi connectivity index (χ4v) is 4.97. The second-order valence-corrected chi connectivity index (χ2v) is 8.96. The first-order valence-electron chi connectivity index (χ1n) is 8.06. The molecule has 0 bridgehead atoms. The maximum Gasteiger partial charge on any atom is 0.273 e. The molecule has 2 aliphatic rings. The topological polar surface area (TPSA) is 89.0 Å². The number of piperazine rings is 1. The summed E-state index contributed by atoms with van der Waals surface area (Å²) in [6, 6.07) is 4.59. The molecule has 4 rings (SSSR count). The Balaban J connectivity index is 1.46. The molecule has 10 heteroatoms. The van der Waals surface area contributed by atoms with Crippen molar-refractivity contribution in [3.8, 4) is 11.5 Å². The molecule has 0 N–H and O–H groups in total. The number of rotatable bonds is 3. The molecule has 0 spiro atoms. The Bertz CT molecular complexity index is 949. The number of ether oxygens (including phenoxy) is 2. The van der Waals surface area contributed by atoms with Gasteiger partial charge in [-0.05, 0) is 19.1 Å². The van der Waals surface area contributed by atoms with Crippen LogP contribution in [0.4, 0.5) is 0 Å². The predicted octanol–water partition coefficient (Wildman–Crippen LogP) is 1.33. The van der Waals surface area contributed by atoms with Crippen LogP contribution in [0.3, 0.4) is 0 Å². The number of aromatic nitrogens is 1. The Kier molecular flexibility index (Phi) is 4.33. The number of sulfonamides is 1. The predicted molar refractivity (Wildman–Crippen MR) is 94.1 cm³/mol. The summed E-state index contributed by atoms with van der Waals surface area (Å²) in [5.41, 5.74) is 0.416. The quantitative estimate of drug-likeness (QED) is 0.779. The van der Waals surface area contributed by atoms with E-state index < -0.39 is 10.0 Å². The van der Waals surface area contributed by atoms with Crippen molar-refractivity contribution in [2.24, 2.45) is 0 Å². The number of benzene rings is 1. The molecule has 1 aromatic heterocycles. The number of thiazole rings is 1. The zero-order valence-electron chi connectivity index (χ0n) is 14.0. The number of amides is 1. The molecular formula is C16H17N3O5S2. The fourth-order valence-electron chi connectivity index (χ4n) is 2.94. The highest BCUT2D eigenvalue weighted by atomic mass is 32.2. The SMILES string of the molecule is Cc1nc(C(=O)N2CCN(S(=O)(=O)c3ccc4c(c3)OCO4)CC2)cs1. The van der Waals surface area contributed by atoms with Gasteiger partial charge >= 0.3 is 0 Å². The van der Waals surface area contributed by atoms with Crippen molar-refractivity contribution in [1.82, 2.24) is 14.2 Å². The number of carbonyl (C=O) groups excluding carboxylic acids is 1. The summed E-state index contributed by atoms with van der Waals surface area (Å²) in [5, 5.41) is 2.56. The summed E-state index contributed by atoms with van der Waals surface area (Å²) in [5.74, 6) is 0.811. The number of aryl methyl sites for hydroxylation is 1. The first kappa shape index (κ1) is 17.3. The van der Waals surface area contributed by atoms with E-state index in [2.05, 4.69) is 4.98 Å². The van der Waals surface area contributed by atoms with Gasteiger partial charge in [-0.3, -0.25) is 4.79 Å². The first-order chi connectivity index (χ1) is 12.4. The van der Waals surface area contributed by atoms with E-state index in [1.54, 1.807) is 16.3 Å². The second kappa shape index (κ2) is 6.53. The van der Waals surface area contributed by atoms with E-state index in [0.29, 0.717) is 30.3 Å². The Morgan fingerprint density at radius 1 is 1.15 bits per heavy atom. The zero-order chi connectivity index (χ0) is 18.3. The molecule has 26 heavy (non-hydrogen) atoms. The normalized spacial score (nSPS) is 17.5. The van der Waals surface area contributed by atoms with E-state index in [9.17, 15) is 13.2 Å². The third-order valence-corrected chi connectivity index (χ3v) is 7.01. The van der Waals surface area contributed by atoms with Crippen LogP contribution in [0.2, 0.25) is 0 Å². The summed E-state index contributed by atoms with van der Waals surface area (Å²) in [4.78, 5) is 18.4. The maximum atomic E-state index is 12.9. The van der Waals surface area contributed by atoms with Crippen LogP contribution in [0.1, 0.15) is 15.5 Å². The Morgan fingerprint density at radius 2 is 1.88 bits per heavy atom. The Hall–Kier alpha value is -2.17. The molecule has 2 aliphatic heterocycles. The summed E-state index contributed by atoms with van der Waals surface area (Å²) in [7, 11) is -3.65. The van der Waals surface area contributed by atoms with Gasteiger partial charge in [0, 0.05) is 37.6 Å². The van der Waals surface area contributed by atoms with E-state index >= 15 is 0 Å². The highest BCUT2D eigenvalue weighted by molar-refractivity contribution is 7.89. The molecule has 0 atom stereocenters. The van der Waals surface area contributed by atoms with Gasteiger partial charge in [-0.2, -0.15) is 4.31 Å². The minimum atomic E-state index is -3.65. The lowest BCUT2D eigenvalue weighted by atomic mass is 10.3. The standard InChI is InChI=1S/C16H17N3O5S2/c1-11-17-13(9-25-11)16(20)18-4-6-19(7-5-18)26(21,22)12-2-3-14-15(8-12)24-10-23-14/h2-3,8-9H,4-7,10H2,1H3. The van der Waals surface area contributed by atoms with Gasteiger partial charge in [-0.25, -0.2) is 13.4 Å². The first-order valence-corrected chi connectivity index (χ1v) is 10.4. The molecule has 2 aromatic rings. The van der Waals surface area contributed by atoms with Crippen molar-refractivity contribution in [2.75, 3.05) is 33.0 Å². The molecule has 0 radical (unpaired) electrons. The Labute approximate surface area is 155 Å². The number of hydrogen-bond acceptors (Lipinski definition) is 7. The number of nitrogens with zero attached hydrogens (tertiary/aromatic N) is 3. The van der Waals surface area contributed by atoms with Gasteiger partial charge in [0.15, 0.2) is 11.5 Å². The highest BCUT2D eigenvalue weighted by Crippen LogP contribution is 2.34. The zero-order valence-corrected chi connectivity index (χ0v) is 15.7. The van der Waals surface area contributed by atoms with Gasteiger partial charge in [0.25, 0.3) is 5.91 Å². The van der Waals surface area contributed by atoms with Crippen molar-refractivity contribution in [3.63, 3.8) is 0 Å². The fraction of sp³-hybridized carbons (Fsp3) is 0.375. The second-order valence-electron chi connectivity index (χ2n) is 5.96. The molecule has 3 heterocycles. The van der Waals surface area contributed by atoms with Gasteiger partial charge < -0.3 is 14.4 Å². The Morgan fingerprint density at radius 3 is 2.58 bits per heavy atom. The van der Waals surface area contributed by atoms with Crippen LogP contribution in [0.15, 0.2) is 28.5 Å². The van der Waals surface area contributed by atoms with Gasteiger partial charge in [-0.15, -0.1) is 11.3 Å². The van der Waals surface area contributed by atoms with Crippen molar-refractivity contribution < 1.29 is 22.7 Å². The van der Waals surface area contributed by atoms with E-state index in [1.165, 1.54) is 27.8 Å². The van der Waals surface area contributed by atoms with Crippen LogP contribution in [-0.4, -0.2) is 61.5 Å². The highest BCUT2D eigenvalue weighted by Gasteiger charge is 2.32. The van der Waals surface area contributed by atoms with Crippen molar-refractivity contribution in [1.29, 1.82) is 0 Å². The molecule has 0 saturated carbocycles. The smallest absolute Gasteiger partial charge is 0.273 e. The van der Waals surface area contributed by atoms with E-state index in [1.807, 2.05) is 6.92 Å². The number of fused-ring (bicyclic) bond motifs is 1. The number of hydrogen-bond donors (Lipinski definition) is 0. The van der Waals surface area contributed by atoms with Crippen molar-refractivity contribution >= 4 is 27.3 Å². The van der Waals surface area contributed by atoms with Gasteiger partial charge in [0.1, 0.15) is 5.69 Å². The van der Waals surface area contributed by atoms with Crippen LogP contribution in [-0.2, 0) is 10.0 Å². The van der Waals surface area contributed by atoms with Gasteiger partial charge in [0.05, 0.1) is 9.90 Å². The van der Waals surface area contributed by atoms with Crippen LogP contribution in [0.5, 0.6) is 11.5 Å². The lowest BCUT2D eigenvalue weighted by molar-refractivity contribution is 0.0692. The molecule has 1 fully saturated rings. The average Bonchev–Trinajstić information content (AvgIpc) is 3.29. The number of carbonyl (C=O) groups is 1. The molecular weight excluding hydrogens is 378 g/mol. The monoisotopic (exact) mass is 395 g/mol. The van der Waals surface area contributed by atoms with Crippen LogP contribution < -0.4 is 9.47 Å². The lowest BCUT2D eigenvalue weighted by Gasteiger charge is -2.33. The van der Waals surface area contributed by atoms with E-state index in [0.717, 1.165) is 5.01 Å². The third-order valence-electron chi connectivity index (χ3n) is 4.35. The summed E-state index contributed by atoms with van der Waals surface area (Å²) in [6.45, 7) is 3.09.